The molecule has 0 saturated heterocycles. The molecule has 0 bridgehead atoms. The van der Waals surface area contributed by atoms with Gasteiger partial charge in [0.2, 0.25) is 5.91 Å². The second-order valence-electron chi connectivity index (χ2n) is 3.77. The fraction of sp³-hybridized carbons (Fsp3) is 0.778. The lowest BCUT2D eigenvalue weighted by molar-refractivity contribution is -0.142. The molecule has 0 aromatic rings. The Bertz CT molecular complexity index is 242. The number of hydrogen-bond donors (Lipinski definition) is 3. The smallest absolute Gasteiger partial charge is 0.325 e. The molecule has 1 saturated carbocycles. The first-order valence-electron chi connectivity index (χ1n) is 4.81. The largest absolute Gasteiger partial charge is 0.480 e. The minimum absolute atomic E-state index is 0.115. The van der Waals surface area contributed by atoms with Gasteiger partial charge < -0.3 is 16.2 Å². The fourth-order valence-electron chi connectivity index (χ4n) is 1.70. The lowest BCUT2D eigenvalue weighted by atomic mass is 10.0. The van der Waals surface area contributed by atoms with Gasteiger partial charge in [-0.1, -0.05) is 6.42 Å². The third kappa shape index (κ3) is 2.45. The highest BCUT2D eigenvalue weighted by Crippen LogP contribution is 2.23. The van der Waals surface area contributed by atoms with Gasteiger partial charge in [-0.15, -0.1) is 0 Å². The Morgan fingerprint density at radius 3 is 2.57 bits per heavy atom. The second-order valence-corrected chi connectivity index (χ2v) is 3.77. The average molecular weight is 200 g/mol. The van der Waals surface area contributed by atoms with Crippen LogP contribution in [-0.2, 0) is 9.59 Å². The average Bonchev–Trinajstić information content (AvgIpc) is 2.51. The molecule has 1 fully saturated rings. The predicted octanol–water partition coefficient (Wildman–Crippen LogP) is -0.297. The zero-order valence-electron chi connectivity index (χ0n) is 8.19. The Labute approximate surface area is 82.7 Å². The van der Waals surface area contributed by atoms with Crippen LogP contribution in [0, 0.1) is 5.92 Å². The highest BCUT2D eigenvalue weighted by molar-refractivity contribution is 5.85. The minimum Gasteiger partial charge on any atom is -0.480 e. The molecule has 0 heterocycles. The van der Waals surface area contributed by atoms with Gasteiger partial charge in [-0.25, -0.2) is 0 Å². The first-order chi connectivity index (χ1) is 6.52. The Hall–Kier alpha value is -1.10. The summed E-state index contributed by atoms with van der Waals surface area (Å²) < 4.78 is 0. The molecule has 3 atom stereocenters. The van der Waals surface area contributed by atoms with Gasteiger partial charge in [0, 0.05) is 6.04 Å². The maximum absolute atomic E-state index is 11.5. The minimum atomic E-state index is -1.02. The summed E-state index contributed by atoms with van der Waals surface area (Å²) in [6.45, 7) is 1.45. The quantitative estimate of drug-likeness (QED) is 0.583. The van der Waals surface area contributed by atoms with Crippen molar-refractivity contribution in [3.63, 3.8) is 0 Å². The molecule has 14 heavy (non-hydrogen) atoms. The molecule has 1 aliphatic rings. The number of amides is 1. The summed E-state index contributed by atoms with van der Waals surface area (Å²) in [7, 11) is 0. The summed E-state index contributed by atoms with van der Waals surface area (Å²) in [6.07, 6.45) is 2.56. The predicted molar refractivity (Wildman–Crippen MR) is 50.6 cm³/mol. The van der Waals surface area contributed by atoms with Crippen LogP contribution in [0.1, 0.15) is 26.2 Å². The van der Waals surface area contributed by atoms with Crippen molar-refractivity contribution >= 4 is 11.9 Å². The number of carbonyl (C=O) groups excluding carboxylic acids is 1. The van der Waals surface area contributed by atoms with Crippen molar-refractivity contribution in [3.8, 4) is 0 Å². The standard InChI is InChI=1S/C9H16N2O3/c1-5(9(13)14)11-8(12)6-3-2-4-7(6)10/h5-7H,2-4,10H2,1H3,(H,11,12)(H,13,14)/t5-,6?,7?/m0/s1. The van der Waals surface area contributed by atoms with Crippen LogP contribution >= 0.6 is 0 Å². The van der Waals surface area contributed by atoms with Gasteiger partial charge in [-0.05, 0) is 19.8 Å². The maximum Gasteiger partial charge on any atom is 0.325 e. The SMILES string of the molecule is C[C@H](NC(=O)C1CCCC1N)C(=O)O. The molecule has 1 aliphatic carbocycles. The summed E-state index contributed by atoms with van der Waals surface area (Å²) >= 11 is 0. The van der Waals surface area contributed by atoms with Crippen LogP contribution in [0.3, 0.4) is 0 Å². The van der Waals surface area contributed by atoms with E-state index in [1.807, 2.05) is 0 Å². The normalized spacial score (nSPS) is 28.4. The monoisotopic (exact) mass is 200 g/mol. The van der Waals surface area contributed by atoms with Gasteiger partial charge in [0.15, 0.2) is 0 Å². The third-order valence-electron chi connectivity index (χ3n) is 2.64. The van der Waals surface area contributed by atoms with Crippen molar-refractivity contribution in [2.45, 2.75) is 38.3 Å². The molecular formula is C9H16N2O3. The van der Waals surface area contributed by atoms with E-state index < -0.39 is 12.0 Å². The number of nitrogens with two attached hydrogens (primary N) is 1. The Morgan fingerprint density at radius 1 is 1.50 bits per heavy atom. The molecule has 2 unspecified atom stereocenters. The number of rotatable bonds is 3. The summed E-state index contributed by atoms with van der Waals surface area (Å²) in [5.41, 5.74) is 5.72. The highest BCUT2D eigenvalue weighted by atomic mass is 16.4. The van der Waals surface area contributed by atoms with E-state index in [4.69, 9.17) is 10.8 Å². The van der Waals surface area contributed by atoms with Gasteiger partial charge in [0.05, 0.1) is 5.92 Å². The lowest BCUT2D eigenvalue weighted by Gasteiger charge is -2.17. The third-order valence-corrected chi connectivity index (χ3v) is 2.64. The fourth-order valence-corrected chi connectivity index (χ4v) is 1.70. The van der Waals surface area contributed by atoms with Crippen LogP contribution in [0.25, 0.3) is 0 Å². The Kier molecular flexibility index (Phi) is 3.46. The Morgan fingerprint density at radius 2 is 2.14 bits per heavy atom. The van der Waals surface area contributed by atoms with Crippen molar-refractivity contribution in [2.75, 3.05) is 0 Å². The molecule has 80 valence electrons. The Balaban J connectivity index is 2.45. The van der Waals surface area contributed by atoms with E-state index in [9.17, 15) is 9.59 Å². The molecule has 0 radical (unpaired) electrons. The van der Waals surface area contributed by atoms with Crippen molar-refractivity contribution < 1.29 is 14.7 Å². The van der Waals surface area contributed by atoms with Gasteiger partial charge in [-0.2, -0.15) is 0 Å². The first kappa shape index (κ1) is 11.0. The van der Waals surface area contributed by atoms with E-state index in [2.05, 4.69) is 5.32 Å². The molecule has 1 rings (SSSR count). The van der Waals surface area contributed by atoms with Gasteiger partial charge in [-0.3, -0.25) is 9.59 Å². The van der Waals surface area contributed by atoms with Crippen LogP contribution in [0.4, 0.5) is 0 Å². The van der Waals surface area contributed by atoms with Crippen LogP contribution in [0.5, 0.6) is 0 Å². The molecule has 0 aromatic heterocycles. The molecular weight excluding hydrogens is 184 g/mol. The van der Waals surface area contributed by atoms with Crippen molar-refractivity contribution in [1.29, 1.82) is 0 Å². The van der Waals surface area contributed by atoms with Crippen LogP contribution < -0.4 is 11.1 Å². The second kappa shape index (κ2) is 4.41. The number of carboxylic acid groups (broad SMARTS) is 1. The summed E-state index contributed by atoms with van der Waals surface area (Å²) in [6, 6.07) is -0.953. The van der Waals surface area contributed by atoms with Gasteiger partial charge in [0.1, 0.15) is 6.04 Å². The topological polar surface area (TPSA) is 92.4 Å². The molecule has 0 aliphatic heterocycles. The van der Waals surface area contributed by atoms with Crippen molar-refractivity contribution in [2.24, 2.45) is 11.7 Å². The first-order valence-corrected chi connectivity index (χ1v) is 4.81. The summed E-state index contributed by atoms with van der Waals surface area (Å²) in [5, 5.41) is 11.0. The molecule has 0 aromatic carbocycles. The number of nitrogens with one attached hydrogen (secondary N) is 1. The molecule has 5 heteroatoms. The molecule has 5 nitrogen and oxygen atoms in total. The molecule has 4 N–H and O–H groups in total. The van der Waals surface area contributed by atoms with E-state index in [-0.39, 0.29) is 17.9 Å². The van der Waals surface area contributed by atoms with E-state index in [1.54, 1.807) is 0 Å². The number of aliphatic carboxylic acids is 1. The van der Waals surface area contributed by atoms with E-state index in [0.717, 1.165) is 19.3 Å². The number of carbonyl (C=O) groups is 2. The highest BCUT2D eigenvalue weighted by Gasteiger charge is 2.31. The van der Waals surface area contributed by atoms with Crippen molar-refractivity contribution in [1.82, 2.24) is 5.32 Å². The van der Waals surface area contributed by atoms with Gasteiger partial charge >= 0.3 is 5.97 Å². The summed E-state index contributed by atoms with van der Waals surface area (Å²) in [5.74, 6) is -1.47. The lowest BCUT2D eigenvalue weighted by Crippen LogP contribution is -2.45. The van der Waals surface area contributed by atoms with E-state index >= 15 is 0 Å². The van der Waals surface area contributed by atoms with Gasteiger partial charge in [0.25, 0.3) is 0 Å². The van der Waals surface area contributed by atoms with Crippen LogP contribution in [-0.4, -0.2) is 29.1 Å². The van der Waals surface area contributed by atoms with E-state index in [0.29, 0.717) is 0 Å². The number of carboxylic acids is 1. The van der Waals surface area contributed by atoms with E-state index in [1.165, 1.54) is 6.92 Å². The zero-order chi connectivity index (χ0) is 10.7. The molecule has 0 spiro atoms. The van der Waals surface area contributed by atoms with Crippen LogP contribution in [0.15, 0.2) is 0 Å². The van der Waals surface area contributed by atoms with Crippen molar-refractivity contribution in [3.05, 3.63) is 0 Å². The van der Waals surface area contributed by atoms with Crippen LogP contribution in [0.2, 0.25) is 0 Å². The zero-order valence-corrected chi connectivity index (χ0v) is 8.19. The number of hydrogen-bond acceptors (Lipinski definition) is 3. The summed E-state index contributed by atoms with van der Waals surface area (Å²) in [4.78, 5) is 22.0. The molecule has 1 amide bonds. The maximum atomic E-state index is 11.5.